The lowest BCUT2D eigenvalue weighted by atomic mass is 9.87. The van der Waals surface area contributed by atoms with E-state index in [2.05, 4.69) is 60.5 Å². The van der Waals surface area contributed by atoms with Crippen LogP contribution in [0.3, 0.4) is 0 Å². The second kappa shape index (κ2) is 12.0. The van der Waals surface area contributed by atoms with Gasteiger partial charge in [0.15, 0.2) is 4.34 Å². The Labute approximate surface area is 220 Å². The Morgan fingerprint density at radius 3 is 2.50 bits per heavy atom. The van der Waals surface area contributed by atoms with E-state index in [9.17, 15) is 4.79 Å². The van der Waals surface area contributed by atoms with Crippen molar-refractivity contribution >= 4 is 35.2 Å². The van der Waals surface area contributed by atoms with Gasteiger partial charge in [-0.15, -0.1) is 11.3 Å². The molecule has 0 aliphatic heterocycles. The number of ether oxygens (including phenoxy) is 1. The highest BCUT2D eigenvalue weighted by molar-refractivity contribution is 8.01. The fourth-order valence-electron chi connectivity index (χ4n) is 3.38. The maximum absolute atomic E-state index is 12.3. The van der Waals surface area contributed by atoms with Crippen molar-refractivity contribution in [2.75, 3.05) is 5.75 Å². The maximum Gasteiger partial charge on any atom is 0.250 e. The fraction of sp³-hybridized carbons (Fsp3) is 0.207. The zero-order chi connectivity index (χ0) is 25.4. The Balaban J connectivity index is 1.27. The average Bonchev–Trinajstić information content (AvgIpc) is 3.36. The molecule has 0 bridgehead atoms. The number of hydrogen-bond donors (Lipinski definition) is 1. The van der Waals surface area contributed by atoms with Gasteiger partial charge in [0.1, 0.15) is 12.4 Å². The van der Waals surface area contributed by atoms with Crippen molar-refractivity contribution in [3.8, 4) is 17.0 Å². The molecule has 3 aromatic carbocycles. The lowest BCUT2D eigenvalue weighted by molar-refractivity contribution is -0.118. The van der Waals surface area contributed by atoms with E-state index in [0.717, 1.165) is 26.7 Å². The molecule has 1 N–H and O–H groups in total. The number of nitrogens with one attached hydrogen (secondary N) is 1. The molecule has 1 heterocycles. The van der Waals surface area contributed by atoms with Crippen molar-refractivity contribution < 1.29 is 9.53 Å². The molecule has 0 atom stereocenters. The maximum atomic E-state index is 12.3. The van der Waals surface area contributed by atoms with Crippen molar-refractivity contribution in [1.82, 2.24) is 10.4 Å². The molecule has 1 amide bonds. The first-order valence-electron chi connectivity index (χ1n) is 11.7. The van der Waals surface area contributed by atoms with Crippen LogP contribution in [0.4, 0.5) is 0 Å². The average molecular weight is 516 g/mol. The highest BCUT2D eigenvalue weighted by Gasteiger charge is 2.13. The van der Waals surface area contributed by atoms with Crippen LogP contribution in [0.15, 0.2) is 93.7 Å². The molecular formula is C29H29N3O2S2. The molecule has 0 fully saturated rings. The minimum atomic E-state index is -0.190. The zero-order valence-corrected chi connectivity index (χ0v) is 22.2. The van der Waals surface area contributed by atoms with Crippen molar-refractivity contribution in [3.05, 3.63) is 101 Å². The van der Waals surface area contributed by atoms with Gasteiger partial charge in [0, 0.05) is 16.5 Å². The number of rotatable bonds is 9. The Bertz CT molecular complexity index is 1310. The minimum Gasteiger partial charge on any atom is -0.488 e. The van der Waals surface area contributed by atoms with Gasteiger partial charge in [0.05, 0.1) is 17.7 Å². The van der Waals surface area contributed by atoms with Gasteiger partial charge in [-0.1, -0.05) is 99.3 Å². The van der Waals surface area contributed by atoms with E-state index in [1.165, 1.54) is 28.7 Å². The number of thiazole rings is 1. The molecule has 0 radical (unpaired) electrons. The lowest BCUT2D eigenvalue weighted by Gasteiger charge is -2.19. The van der Waals surface area contributed by atoms with E-state index in [0.29, 0.717) is 12.4 Å². The second-order valence-corrected chi connectivity index (χ2v) is 11.3. The standard InChI is InChI=1S/C29H29N3O2S2/c1-29(2,3)24-15-13-21(14-16-24)18-34-26-12-8-7-11-23(26)17-30-32-27(33)20-36-28-31-25(19-35-28)22-9-5-4-6-10-22/h4-17,19H,18,20H2,1-3H3,(H,32,33)/b30-17+. The fourth-order valence-corrected chi connectivity index (χ4v) is 5.01. The first-order chi connectivity index (χ1) is 17.4. The van der Waals surface area contributed by atoms with Crippen molar-refractivity contribution in [1.29, 1.82) is 0 Å². The Morgan fingerprint density at radius 1 is 1.03 bits per heavy atom. The number of aromatic nitrogens is 1. The molecule has 0 aliphatic carbocycles. The number of amides is 1. The highest BCUT2D eigenvalue weighted by Crippen LogP contribution is 2.28. The van der Waals surface area contributed by atoms with Gasteiger partial charge in [0.2, 0.25) is 0 Å². The van der Waals surface area contributed by atoms with Gasteiger partial charge in [-0.05, 0) is 28.7 Å². The highest BCUT2D eigenvalue weighted by atomic mass is 32.2. The summed E-state index contributed by atoms with van der Waals surface area (Å²) in [6, 6.07) is 26.1. The second-order valence-electron chi connectivity index (χ2n) is 9.22. The summed E-state index contributed by atoms with van der Waals surface area (Å²) in [4.78, 5) is 16.9. The lowest BCUT2D eigenvalue weighted by Crippen LogP contribution is -2.19. The molecule has 4 rings (SSSR count). The number of thioether (sulfide) groups is 1. The molecule has 5 nitrogen and oxygen atoms in total. The van der Waals surface area contributed by atoms with Crippen molar-refractivity contribution in [3.63, 3.8) is 0 Å². The molecule has 0 unspecified atom stereocenters. The number of carbonyl (C=O) groups is 1. The van der Waals surface area contributed by atoms with Crippen LogP contribution < -0.4 is 10.2 Å². The van der Waals surface area contributed by atoms with Gasteiger partial charge in [-0.3, -0.25) is 4.79 Å². The monoisotopic (exact) mass is 515 g/mol. The van der Waals surface area contributed by atoms with Crippen LogP contribution in [-0.2, 0) is 16.8 Å². The largest absolute Gasteiger partial charge is 0.488 e. The van der Waals surface area contributed by atoms with Gasteiger partial charge < -0.3 is 4.74 Å². The van der Waals surface area contributed by atoms with Gasteiger partial charge in [-0.25, -0.2) is 10.4 Å². The summed E-state index contributed by atoms with van der Waals surface area (Å²) in [6.45, 7) is 7.06. The summed E-state index contributed by atoms with van der Waals surface area (Å²) in [5.74, 6) is 0.757. The van der Waals surface area contributed by atoms with E-state index in [-0.39, 0.29) is 17.1 Å². The van der Waals surface area contributed by atoms with E-state index in [1.54, 1.807) is 6.21 Å². The third-order valence-corrected chi connectivity index (χ3v) is 7.43. The zero-order valence-electron chi connectivity index (χ0n) is 20.6. The van der Waals surface area contributed by atoms with Crippen LogP contribution in [0, 0.1) is 0 Å². The van der Waals surface area contributed by atoms with E-state index >= 15 is 0 Å². The van der Waals surface area contributed by atoms with E-state index in [1.807, 2.05) is 60.0 Å². The normalized spacial score (nSPS) is 11.5. The predicted molar refractivity (Wildman–Crippen MR) is 150 cm³/mol. The van der Waals surface area contributed by atoms with Gasteiger partial charge in [-0.2, -0.15) is 5.10 Å². The molecule has 0 spiro atoms. The molecule has 184 valence electrons. The third kappa shape index (κ3) is 7.29. The first-order valence-corrected chi connectivity index (χ1v) is 13.5. The van der Waals surface area contributed by atoms with Crippen molar-refractivity contribution in [2.45, 2.75) is 37.1 Å². The number of nitrogens with zero attached hydrogens (tertiary/aromatic N) is 2. The topological polar surface area (TPSA) is 63.6 Å². The Morgan fingerprint density at radius 2 is 1.75 bits per heavy atom. The summed E-state index contributed by atoms with van der Waals surface area (Å²) in [6.07, 6.45) is 1.61. The molecule has 7 heteroatoms. The Kier molecular flexibility index (Phi) is 8.57. The summed E-state index contributed by atoms with van der Waals surface area (Å²) in [7, 11) is 0. The molecular weight excluding hydrogens is 486 g/mol. The van der Waals surface area contributed by atoms with E-state index in [4.69, 9.17) is 4.74 Å². The van der Waals surface area contributed by atoms with Gasteiger partial charge >= 0.3 is 0 Å². The van der Waals surface area contributed by atoms with Crippen LogP contribution in [0.1, 0.15) is 37.5 Å². The summed E-state index contributed by atoms with van der Waals surface area (Å²) >= 11 is 2.93. The quantitative estimate of drug-likeness (QED) is 0.149. The van der Waals surface area contributed by atoms with Crippen LogP contribution in [0.2, 0.25) is 0 Å². The SMILES string of the molecule is CC(C)(C)c1ccc(COc2ccccc2/C=N/NC(=O)CSc2nc(-c3ccccc3)cs2)cc1. The predicted octanol–water partition coefficient (Wildman–Crippen LogP) is 6.93. The number of para-hydroxylation sites is 1. The Hall–Kier alpha value is -3.42. The van der Waals surface area contributed by atoms with Gasteiger partial charge in [0.25, 0.3) is 5.91 Å². The van der Waals surface area contributed by atoms with E-state index < -0.39 is 0 Å². The van der Waals surface area contributed by atoms with Crippen LogP contribution >= 0.6 is 23.1 Å². The summed E-state index contributed by atoms with van der Waals surface area (Å²) < 4.78 is 6.88. The molecule has 1 aromatic heterocycles. The van der Waals surface area contributed by atoms with Crippen LogP contribution in [0.5, 0.6) is 5.75 Å². The minimum absolute atomic E-state index is 0.122. The third-order valence-electron chi connectivity index (χ3n) is 5.41. The number of carbonyl (C=O) groups excluding carboxylic acids is 1. The van der Waals surface area contributed by atoms with Crippen LogP contribution in [-0.4, -0.2) is 22.9 Å². The molecule has 0 saturated heterocycles. The first kappa shape index (κ1) is 25.7. The number of hydrogen-bond acceptors (Lipinski definition) is 6. The summed E-state index contributed by atoms with van der Waals surface area (Å²) in [5, 5.41) is 6.13. The number of hydrazone groups is 1. The smallest absolute Gasteiger partial charge is 0.250 e. The number of benzene rings is 3. The molecule has 0 aliphatic rings. The van der Waals surface area contributed by atoms with Crippen molar-refractivity contribution in [2.24, 2.45) is 5.10 Å². The molecule has 36 heavy (non-hydrogen) atoms. The molecule has 0 saturated carbocycles. The molecule has 4 aromatic rings. The summed E-state index contributed by atoms with van der Waals surface area (Å²) in [5.41, 5.74) is 7.88. The van der Waals surface area contributed by atoms with Crippen LogP contribution in [0.25, 0.3) is 11.3 Å².